The molecule has 0 heterocycles. The number of hydrogen-bond donors (Lipinski definition) is 2. The highest BCUT2D eigenvalue weighted by Crippen LogP contribution is 2.23. The van der Waals surface area contributed by atoms with Crippen molar-refractivity contribution >= 4 is 17.6 Å². The van der Waals surface area contributed by atoms with Crippen LogP contribution < -0.4 is 5.32 Å². The quantitative estimate of drug-likeness (QED) is 0.830. The smallest absolute Gasteiger partial charge is 0.309 e. The summed E-state index contributed by atoms with van der Waals surface area (Å²) in [5.74, 6) is -5.83. The predicted octanol–water partition coefficient (Wildman–Crippen LogP) is 2.54. The first-order valence-corrected chi connectivity index (χ1v) is 5.31. The highest BCUT2D eigenvalue weighted by atomic mass is 19.2. The maximum atomic E-state index is 13.2. The molecule has 1 amide bonds. The van der Waals surface area contributed by atoms with E-state index in [1.54, 1.807) is 0 Å². The third kappa shape index (κ3) is 3.70. The summed E-state index contributed by atoms with van der Waals surface area (Å²) in [4.78, 5) is 22.3. The fraction of sp³-hybridized carbons (Fsp3) is 0.333. The van der Waals surface area contributed by atoms with Gasteiger partial charge < -0.3 is 10.4 Å². The van der Waals surface area contributed by atoms with Gasteiger partial charge in [-0.1, -0.05) is 0 Å². The number of halogens is 3. The molecular formula is C12H12F3NO3. The second-order valence-corrected chi connectivity index (χ2v) is 4.66. The van der Waals surface area contributed by atoms with Gasteiger partial charge in [-0.15, -0.1) is 0 Å². The van der Waals surface area contributed by atoms with Crippen LogP contribution in [-0.4, -0.2) is 17.0 Å². The van der Waals surface area contributed by atoms with E-state index in [0.29, 0.717) is 12.1 Å². The minimum absolute atomic E-state index is 0.299. The molecule has 2 N–H and O–H groups in total. The molecule has 0 bridgehead atoms. The maximum Gasteiger partial charge on any atom is 0.309 e. The standard InChI is InChI=1S/C12H12F3NO3/c1-12(2,11(18)19)5-10(17)16-9-4-7(14)6(13)3-8(9)15/h3-4H,5H2,1-2H3,(H,16,17)(H,18,19). The molecule has 0 aliphatic heterocycles. The molecule has 1 rings (SSSR count). The summed E-state index contributed by atoms with van der Waals surface area (Å²) in [6.45, 7) is 2.63. The Kier molecular flexibility index (Phi) is 4.18. The van der Waals surface area contributed by atoms with Crippen LogP contribution in [0.25, 0.3) is 0 Å². The lowest BCUT2D eigenvalue weighted by atomic mass is 9.89. The van der Waals surface area contributed by atoms with Crippen LogP contribution in [0.5, 0.6) is 0 Å². The molecule has 0 saturated heterocycles. The van der Waals surface area contributed by atoms with E-state index in [-0.39, 0.29) is 0 Å². The van der Waals surface area contributed by atoms with Crippen molar-refractivity contribution in [1.29, 1.82) is 0 Å². The van der Waals surface area contributed by atoms with Crippen molar-refractivity contribution in [2.75, 3.05) is 5.32 Å². The Labute approximate surface area is 107 Å². The third-order valence-corrected chi connectivity index (χ3v) is 2.47. The largest absolute Gasteiger partial charge is 0.481 e. The van der Waals surface area contributed by atoms with Crippen LogP contribution in [0.15, 0.2) is 12.1 Å². The van der Waals surface area contributed by atoms with Gasteiger partial charge in [0.1, 0.15) is 5.82 Å². The molecule has 0 aromatic heterocycles. The SMILES string of the molecule is CC(C)(CC(=O)Nc1cc(F)c(F)cc1F)C(=O)O. The molecule has 1 aromatic carbocycles. The lowest BCUT2D eigenvalue weighted by Gasteiger charge is -2.18. The average Bonchev–Trinajstić information content (AvgIpc) is 2.24. The molecular weight excluding hydrogens is 263 g/mol. The number of hydrogen-bond acceptors (Lipinski definition) is 2. The van der Waals surface area contributed by atoms with Crippen molar-refractivity contribution in [3.05, 3.63) is 29.6 Å². The highest BCUT2D eigenvalue weighted by Gasteiger charge is 2.30. The van der Waals surface area contributed by atoms with Crippen molar-refractivity contribution in [3.63, 3.8) is 0 Å². The number of carboxylic acid groups (broad SMARTS) is 1. The number of carbonyl (C=O) groups excluding carboxylic acids is 1. The van der Waals surface area contributed by atoms with Crippen molar-refractivity contribution in [2.45, 2.75) is 20.3 Å². The van der Waals surface area contributed by atoms with Crippen LogP contribution in [0.2, 0.25) is 0 Å². The lowest BCUT2D eigenvalue weighted by molar-refractivity contribution is -0.148. The second-order valence-electron chi connectivity index (χ2n) is 4.66. The van der Waals surface area contributed by atoms with Gasteiger partial charge in [0.05, 0.1) is 11.1 Å². The number of nitrogens with one attached hydrogen (secondary N) is 1. The van der Waals surface area contributed by atoms with E-state index in [9.17, 15) is 22.8 Å². The number of amides is 1. The van der Waals surface area contributed by atoms with E-state index < -0.39 is 46.9 Å². The molecule has 0 unspecified atom stereocenters. The Morgan fingerprint density at radius 2 is 1.68 bits per heavy atom. The second kappa shape index (κ2) is 5.29. The Morgan fingerprint density at radius 1 is 1.16 bits per heavy atom. The van der Waals surface area contributed by atoms with E-state index in [4.69, 9.17) is 5.11 Å². The first kappa shape index (κ1) is 15.0. The predicted molar refractivity (Wildman–Crippen MR) is 61.0 cm³/mol. The number of aliphatic carboxylic acids is 1. The van der Waals surface area contributed by atoms with Gasteiger partial charge in [-0.2, -0.15) is 0 Å². The zero-order valence-corrected chi connectivity index (χ0v) is 10.3. The molecule has 4 nitrogen and oxygen atoms in total. The monoisotopic (exact) mass is 275 g/mol. The Bertz CT molecular complexity index is 529. The van der Waals surface area contributed by atoms with E-state index in [1.165, 1.54) is 13.8 Å². The van der Waals surface area contributed by atoms with E-state index in [0.717, 1.165) is 0 Å². The van der Waals surface area contributed by atoms with Crippen molar-refractivity contribution in [3.8, 4) is 0 Å². The van der Waals surface area contributed by atoms with Gasteiger partial charge in [0.2, 0.25) is 5.91 Å². The molecule has 0 radical (unpaired) electrons. The summed E-state index contributed by atoms with van der Waals surface area (Å²) >= 11 is 0. The maximum absolute atomic E-state index is 13.2. The van der Waals surface area contributed by atoms with Gasteiger partial charge in [-0.05, 0) is 13.8 Å². The van der Waals surface area contributed by atoms with Gasteiger partial charge in [-0.3, -0.25) is 9.59 Å². The summed E-state index contributed by atoms with van der Waals surface area (Å²) < 4.78 is 38.8. The number of carbonyl (C=O) groups is 2. The Balaban J connectivity index is 2.84. The van der Waals surface area contributed by atoms with Gasteiger partial charge in [0, 0.05) is 18.6 Å². The molecule has 0 fully saturated rings. The number of carboxylic acids is 1. The first-order valence-electron chi connectivity index (χ1n) is 5.31. The fourth-order valence-corrected chi connectivity index (χ4v) is 1.29. The topological polar surface area (TPSA) is 66.4 Å². The van der Waals surface area contributed by atoms with Crippen LogP contribution in [-0.2, 0) is 9.59 Å². The molecule has 0 spiro atoms. The van der Waals surface area contributed by atoms with Gasteiger partial charge in [-0.25, -0.2) is 13.2 Å². The van der Waals surface area contributed by atoms with E-state index in [1.807, 2.05) is 5.32 Å². The third-order valence-electron chi connectivity index (χ3n) is 2.47. The van der Waals surface area contributed by atoms with Crippen LogP contribution in [0.4, 0.5) is 18.9 Å². The molecule has 0 aliphatic rings. The van der Waals surface area contributed by atoms with Crippen molar-refractivity contribution in [2.24, 2.45) is 5.41 Å². The minimum Gasteiger partial charge on any atom is -0.481 e. The molecule has 0 aliphatic carbocycles. The fourth-order valence-electron chi connectivity index (χ4n) is 1.29. The highest BCUT2D eigenvalue weighted by molar-refractivity contribution is 5.94. The van der Waals surface area contributed by atoms with Gasteiger partial charge in [0.15, 0.2) is 11.6 Å². The lowest BCUT2D eigenvalue weighted by Crippen LogP contribution is -2.29. The molecule has 0 saturated carbocycles. The zero-order valence-electron chi connectivity index (χ0n) is 10.3. The number of benzene rings is 1. The zero-order chi connectivity index (χ0) is 14.8. The van der Waals surface area contributed by atoms with Gasteiger partial charge in [0.25, 0.3) is 0 Å². The van der Waals surface area contributed by atoms with Crippen LogP contribution >= 0.6 is 0 Å². The summed E-state index contributed by atoms with van der Waals surface area (Å²) in [6.07, 6.45) is -0.430. The van der Waals surface area contributed by atoms with Crippen molar-refractivity contribution < 1.29 is 27.9 Å². The van der Waals surface area contributed by atoms with Crippen LogP contribution in [0.3, 0.4) is 0 Å². The normalized spacial score (nSPS) is 11.2. The van der Waals surface area contributed by atoms with E-state index in [2.05, 4.69) is 0 Å². The van der Waals surface area contributed by atoms with Gasteiger partial charge >= 0.3 is 5.97 Å². The molecule has 104 valence electrons. The summed E-state index contributed by atoms with van der Waals surface area (Å²) in [6, 6.07) is 0.795. The Morgan fingerprint density at radius 3 is 2.21 bits per heavy atom. The Hall–Kier alpha value is -2.05. The first-order chi connectivity index (χ1) is 8.63. The number of rotatable bonds is 4. The average molecular weight is 275 g/mol. The molecule has 7 heteroatoms. The summed E-state index contributed by atoms with van der Waals surface area (Å²) in [5, 5.41) is 10.8. The molecule has 19 heavy (non-hydrogen) atoms. The van der Waals surface area contributed by atoms with Crippen LogP contribution in [0.1, 0.15) is 20.3 Å². The van der Waals surface area contributed by atoms with E-state index >= 15 is 0 Å². The summed E-state index contributed by atoms with van der Waals surface area (Å²) in [5.41, 5.74) is -1.89. The molecule has 0 atom stereocenters. The summed E-state index contributed by atoms with van der Waals surface area (Å²) in [7, 11) is 0. The minimum atomic E-state index is -1.37. The molecule has 1 aromatic rings. The van der Waals surface area contributed by atoms with Crippen LogP contribution in [0, 0.1) is 22.9 Å². The number of anilines is 1. The van der Waals surface area contributed by atoms with Crippen molar-refractivity contribution in [1.82, 2.24) is 0 Å².